The smallest absolute Gasteiger partial charge is 0.289 e. The van der Waals surface area contributed by atoms with Gasteiger partial charge in [0.2, 0.25) is 16.8 Å². The zero-order valence-electron chi connectivity index (χ0n) is 16.1. The maximum absolute atomic E-state index is 12.6. The molecule has 1 aromatic heterocycles. The number of nitrogens with zero attached hydrogens (tertiary/aromatic N) is 2. The first-order chi connectivity index (χ1) is 14.4. The van der Waals surface area contributed by atoms with Gasteiger partial charge in [0.05, 0.1) is 12.0 Å². The number of rotatable bonds is 6. The third kappa shape index (κ3) is 4.26. The summed E-state index contributed by atoms with van der Waals surface area (Å²) in [5, 5.41) is 2.61. The lowest BCUT2D eigenvalue weighted by Gasteiger charge is -2.33. The average Bonchev–Trinajstić information content (AvgIpc) is 3.44. The minimum absolute atomic E-state index is 0.0266. The Hall–Kier alpha value is -3.05. The molecule has 4 rings (SSSR count). The van der Waals surface area contributed by atoms with Crippen molar-refractivity contribution in [1.29, 1.82) is 0 Å². The Kier molecular flexibility index (Phi) is 5.64. The van der Waals surface area contributed by atoms with E-state index in [0.717, 1.165) is 0 Å². The van der Waals surface area contributed by atoms with Crippen molar-refractivity contribution in [3.8, 4) is 11.5 Å². The van der Waals surface area contributed by atoms with Gasteiger partial charge in [-0.15, -0.1) is 0 Å². The fraction of sp³-hybridized carbons (Fsp3) is 0.368. The number of carbonyl (C=O) groups is 2. The molecule has 1 aromatic carbocycles. The third-order valence-corrected chi connectivity index (χ3v) is 6.80. The van der Waals surface area contributed by atoms with Gasteiger partial charge >= 0.3 is 0 Å². The van der Waals surface area contributed by atoms with Gasteiger partial charge in [-0.3, -0.25) is 9.59 Å². The molecule has 0 bridgehead atoms. The number of benzene rings is 1. The molecule has 1 fully saturated rings. The molecule has 1 N–H and O–H groups in total. The average molecular weight is 435 g/mol. The Labute approximate surface area is 173 Å². The highest BCUT2D eigenvalue weighted by atomic mass is 32.2. The molecule has 30 heavy (non-hydrogen) atoms. The molecule has 2 aromatic rings. The molecule has 0 atom stereocenters. The Bertz CT molecular complexity index is 1030. The zero-order valence-corrected chi connectivity index (χ0v) is 16.9. The second-order valence-electron chi connectivity index (χ2n) is 6.81. The van der Waals surface area contributed by atoms with Crippen LogP contribution in [0, 0.1) is 0 Å². The van der Waals surface area contributed by atoms with Crippen molar-refractivity contribution in [2.75, 3.05) is 45.3 Å². The van der Waals surface area contributed by atoms with E-state index in [0.29, 0.717) is 17.1 Å². The minimum atomic E-state index is -3.56. The number of fused-ring (bicyclic) bond motifs is 1. The van der Waals surface area contributed by atoms with E-state index in [1.807, 2.05) is 0 Å². The first kappa shape index (κ1) is 20.2. The third-order valence-electron chi connectivity index (χ3n) is 4.93. The summed E-state index contributed by atoms with van der Waals surface area (Å²) in [6.07, 6.45) is 1.42. The molecular weight excluding hydrogens is 414 g/mol. The number of piperazine rings is 1. The first-order valence-corrected chi connectivity index (χ1v) is 11.0. The Balaban J connectivity index is 1.26. The highest BCUT2D eigenvalue weighted by molar-refractivity contribution is 7.89. The molecule has 2 amide bonds. The van der Waals surface area contributed by atoms with Crippen LogP contribution in [0.1, 0.15) is 20.9 Å². The standard InChI is InChI=1S/C19H21N3O7S/c23-18(14-3-4-15-17(12-14)29-13-28-15)20-5-11-30(25,26)22-8-6-21(7-9-22)19(24)16-2-1-10-27-16/h1-4,10,12H,5-9,11,13H2,(H,20,23). The van der Waals surface area contributed by atoms with Crippen LogP contribution in [0.15, 0.2) is 41.0 Å². The van der Waals surface area contributed by atoms with E-state index in [9.17, 15) is 18.0 Å². The molecule has 10 nitrogen and oxygen atoms in total. The lowest BCUT2D eigenvalue weighted by atomic mass is 10.2. The van der Waals surface area contributed by atoms with E-state index >= 15 is 0 Å². The van der Waals surface area contributed by atoms with Gasteiger partial charge in [0.15, 0.2) is 17.3 Å². The minimum Gasteiger partial charge on any atom is -0.459 e. The van der Waals surface area contributed by atoms with Crippen LogP contribution in [0.5, 0.6) is 11.5 Å². The summed E-state index contributed by atoms with van der Waals surface area (Å²) in [6, 6.07) is 7.99. The first-order valence-electron chi connectivity index (χ1n) is 9.42. The molecule has 0 aliphatic carbocycles. The van der Waals surface area contributed by atoms with Crippen molar-refractivity contribution in [3.05, 3.63) is 47.9 Å². The van der Waals surface area contributed by atoms with Crippen LogP contribution in [-0.4, -0.2) is 74.7 Å². The largest absolute Gasteiger partial charge is 0.459 e. The second kappa shape index (κ2) is 8.36. The van der Waals surface area contributed by atoms with Crippen LogP contribution in [-0.2, 0) is 10.0 Å². The molecule has 2 aliphatic rings. The second-order valence-corrected chi connectivity index (χ2v) is 8.90. The van der Waals surface area contributed by atoms with Crippen molar-refractivity contribution >= 4 is 21.8 Å². The highest BCUT2D eigenvalue weighted by Gasteiger charge is 2.30. The van der Waals surface area contributed by atoms with Gasteiger partial charge in [0.1, 0.15) is 0 Å². The van der Waals surface area contributed by atoms with E-state index in [4.69, 9.17) is 13.9 Å². The fourth-order valence-electron chi connectivity index (χ4n) is 3.29. The Morgan fingerprint density at radius 2 is 1.80 bits per heavy atom. The summed E-state index contributed by atoms with van der Waals surface area (Å²) in [5.74, 6) is 0.411. The Morgan fingerprint density at radius 3 is 2.53 bits per heavy atom. The predicted octanol–water partition coefficient (Wildman–Crippen LogP) is 0.526. The number of nitrogens with one attached hydrogen (secondary N) is 1. The normalized spacial score (nSPS) is 16.5. The number of hydrogen-bond acceptors (Lipinski definition) is 7. The monoisotopic (exact) mass is 435 g/mol. The quantitative estimate of drug-likeness (QED) is 0.703. The van der Waals surface area contributed by atoms with Crippen LogP contribution < -0.4 is 14.8 Å². The summed E-state index contributed by atoms with van der Waals surface area (Å²) in [7, 11) is -3.56. The van der Waals surface area contributed by atoms with Crippen LogP contribution in [0.2, 0.25) is 0 Å². The maximum atomic E-state index is 12.6. The van der Waals surface area contributed by atoms with Crippen LogP contribution in [0.4, 0.5) is 0 Å². The van der Waals surface area contributed by atoms with Crippen LogP contribution in [0.3, 0.4) is 0 Å². The topological polar surface area (TPSA) is 118 Å². The summed E-state index contributed by atoms with van der Waals surface area (Å²) in [4.78, 5) is 26.1. The molecule has 2 aliphatic heterocycles. The molecule has 3 heterocycles. The van der Waals surface area contributed by atoms with Crippen molar-refractivity contribution < 1.29 is 31.9 Å². The number of carbonyl (C=O) groups excluding carboxylic acids is 2. The fourth-order valence-corrected chi connectivity index (χ4v) is 4.63. The van der Waals surface area contributed by atoms with Gasteiger partial charge in [-0.25, -0.2) is 8.42 Å². The Morgan fingerprint density at radius 1 is 1.03 bits per heavy atom. The molecule has 160 valence electrons. The van der Waals surface area contributed by atoms with E-state index in [2.05, 4.69) is 5.32 Å². The molecule has 0 radical (unpaired) electrons. The van der Waals surface area contributed by atoms with Gasteiger partial charge in [-0.1, -0.05) is 0 Å². The lowest BCUT2D eigenvalue weighted by Crippen LogP contribution is -2.51. The number of ether oxygens (including phenoxy) is 2. The summed E-state index contributed by atoms with van der Waals surface area (Å²) < 4.78 is 42.0. The molecule has 0 saturated carbocycles. The van der Waals surface area contributed by atoms with Crippen molar-refractivity contribution in [1.82, 2.24) is 14.5 Å². The van der Waals surface area contributed by atoms with E-state index < -0.39 is 15.9 Å². The van der Waals surface area contributed by atoms with Crippen molar-refractivity contribution in [3.63, 3.8) is 0 Å². The van der Waals surface area contributed by atoms with Crippen molar-refractivity contribution in [2.24, 2.45) is 0 Å². The van der Waals surface area contributed by atoms with Gasteiger partial charge in [0, 0.05) is 38.3 Å². The number of amides is 2. The van der Waals surface area contributed by atoms with Gasteiger partial charge in [-0.05, 0) is 30.3 Å². The van der Waals surface area contributed by atoms with Gasteiger partial charge in [-0.2, -0.15) is 4.31 Å². The molecule has 1 saturated heterocycles. The molecule has 0 spiro atoms. The van der Waals surface area contributed by atoms with Gasteiger partial charge in [0.25, 0.3) is 11.8 Å². The molecule has 0 unspecified atom stereocenters. The summed E-state index contributed by atoms with van der Waals surface area (Å²) in [6.45, 7) is 1.04. The summed E-state index contributed by atoms with van der Waals surface area (Å²) >= 11 is 0. The number of furan rings is 1. The SMILES string of the molecule is O=C(NCCS(=O)(=O)N1CCN(C(=O)c2ccco2)CC1)c1ccc2c(c1)OCO2. The number of hydrogen-bond donors (Lipinski definition) is 1. The zero-order chi connectivity index (χ0) is 21.1. The molecular formula is C19H21N3O7S. The van der Waals surface area contributed by atoms with Gasteiger partial charge < -0.3 is 24.1 Å². The number of sulfonamides is 1. The van der Waals surface area contributed by atoms with E-state index in [1.165, 1.54) is 10.6 Å². The van der Waals surface area contributed by atoms with Crippen LogP contribution in [0.25, 0.3) is 0 Å². The van der Waals surface area contributed by atoms with E-state index in [1.54, 1.807) is 35.2 Å². The van der Waals surface area contributed by atoms with Crippen molar-refractivity contribution in [2.45, 2.75) is 0 Å². The maximum Gasteiger partial charge on any atom is 0.289 e. The molecule has 11 heteroatoms. The van der Waals surface area contributed by atoms with E-state index in [-0.39, 0.29) is 56.9 Å². The lowest BCUT2D eigenvalue weighted by molar-refractivity contribution is 0.0665. The summed E-state index contributed by atoms with van der Waals surface area (Å²) in [5.41, 5.74) is 0.363. The predicted molar refractivity (Wildman–Crippen MR) is 105 cm³/mol. The van der Waals surface area contributed by atoms with Crippen LogP contribution >= 0.6 is 0 Å². The highest BCUT2D eigenvalue weighted by Crippen LogP contribution is 2.32.